The maximum absolute atomic E-state index is 0. The van der Waals surface area contributed by atoms with Crippen LogP contribution in [0.25, 0.3) is 0 Å². The van der Waals surface area contributed by atoms with E-state index in [0.29, 0.717) is 0 Å². The Morgan fingerprint density at radius 2 is 0.217 bits per heavy atom. The van der Waals surface area contributed by atoms with Crippen molar-refractivity contribution in [3.63, 3.8) is 0 Å². The summed E-state index contributed by atoms with van der Waals surface area (Å²) >= 11 is 0. The molecule has 0 atom stereocenters. The molecule has 0 amide bonds. The van der Waals surface area contributed by atoms with Gasteiger partial charge in [0.2, 0.25) is 0 Å². The summed E-state index contributed by atoms with van der Waals surface area (Å²) in [5.74, 6) is 0. The van der Waals surface area contributed by atoms with Crippen LogP contribution in [0.2, 0.25) is 0 Å². The molecule has 13 nitrogen and oxygen atoms in total. The minimum absolute atomic E-state index is 0. The minimum Gasteiger partial charge on any atom is -2.00 e. The molecule has 0 saturated carbocycles. The molecule has 0 aromatic heterocycles. The Balaban J connectivity index is 0. The van der Waals surface area contributed by atoms with Gasteiger partial charge in [0.1, 0.15) is 0 Å². The molecule has 124 valence electrons. The average Bonchev–Trinajstić information content (AvgIpc) is 0. The molecule has 0 aliphatic carbocycles. The van der Waals surface area contributed by atoms with Gasteiger partial charge in [0, 0.05) is 0 Å². The monoisotopic (exact) mass is 1010 g/mol. The molecule has 0 bridgehead atoms. The zero-order valence-corrected chi connectivity index (χ0v) is 34.4. The molecule has 0 aromatic carbocycles. The van der Waals surface area contributed by atoms with E-state index in [0.717, 1.165) is 0 Å². The van der Waals surface area contributed by atoms with Crippen LogP contribution >= 0.6 is 0 Å². The van der Waals surface area contributed by atoms with Crippen LogP contribution in [0.5, 0.6) is 0 Å². The molecule has 0 fully saturated rings. The second-order valence-corrected chi connectivity index (χ2v) is 0. The van der Waals surface area contributed by atoms with Crippen LogP contribution < -0.4 is 0 Å². The molecular formula is Ag2O13Sn2Ti2Zn4. The Labute approximate surface area is 280 Å². The zero-order chi connectivity index (χ0) is 0. The average molecular weight is 1020 g/mol. The number of rotatable bonds is 0. The van der Waals surface area contributed by atoms with E-state index in [2.05, 4.69) is 0 Å². The molecule has 0 aromatic rings. The van der Waals surface area contributed by atoms with Crippen molar-refractivity contribution in [1.29, 1.82) is 0 Å². The standard InChI is InChI=1S/2Ag.13O.2Sn.2Ti.4Zn/q2*+1;13*-2;4*+4;4*+2. The van der Waals surface area contributed by atoms with E-state index in [1.54, 1.807) is 0 Å². The van der Waals surface area contributed by atoms with Crippen molar-refractivity contribution >= 4 is 47.8 Å². The molecule has 0 heterocycles. The van der Waals surface area contributed by atoms with Gasteiger partial charge >= 0.3 is 214 Å². The Morgan fingerprint density at radius 1 is 0.217 bits per heavy atom. The molecule has 0 unspecified atom stereocenters. The topological polar surface area (TPSA) is 370 Å². The first-order valence-electron chi connectivity index (χ1n) is 0. The summed E-state index contributed by atoms with van der Waals surface area (Å²) in [4.78, 5) is 0. The van der Waals surface area contributed by atoms with Gasteiger partial charge < -0.3 is 71.2 Å². The van der Waals surface area contributed by atoms with Crippen molar-refractivity contribution in [2.45, 2.75) is 0 Å². The van der Waals surface area contributed by atoms with Crippen LogP contribution in [0.4, 0.5) is 0 Å². The Hall–Kier alpha value is 6.48. The molecule has 0 N–H and O–H groups in total. The first kappa shape index (κ1) is 569. The molecule has 0 saturated heterocycles. The summed E-state index contributed by atoms with van der Waals surface area (Å²) in [5.41, 5.74) is 0. The maximum atomic E-state index is 0. The van der Waals surface area contributed by atoms with E-state index in [1.807, 2.05) is 0 Å². The number of hydrogen-bond acceptors (Lipinski definition) is 0. The third-order valence-electron chi connectivity index (χ3n) is 0. The Kier molecular flexibility index (Phi) is 12700. The van der Waals surface area contributed by atoms with Crippen molar-refractivity contribution in [3.05, 3.63) is 0 Å². The minimum atomic E-state index is 0. The molecule has 23 heavy (non-hydrogen) atoms. The fraction of sp³-hybridized carbons (Fsp3) is 0. The summed E-state index contributed by atoms with van der Waals surface area (Å²) < 4.78 is 0. The van der Waals surface area contributed by atoms with E-state index < -0.39 is 0 Å². The summed E-state index contributed by atoms with van der Waals surface area (Å²) in [6, 6.07) is 0. The second-order valence-electron chi connectivity index (χ2n) is 0. The van der Waals surface area contributed by atoms with Crippen molar-refractivity contribution < 1.29 is 237 Å². The summed E-state index contributed by atoms with van der Waals surface area (Å²) in [7, 11) is 0. The largest absolute Gasteiger partial charge is 4.00 e. The van der Waals surface area contributed by atoms with Crippen molar-refractivity contribution in [1.82, 2.24) is 0 Å². The van der Waals surface area contributed by atoms with Crippen LogP contribution in [0, 0.1) is 0 Å². The quantitative estimate of drug-likeness (QED) is 0.231. The van der Waals surface area contributed by atoms with Gasteiger partial charge in [-0.2, -0.15) is 0 Å². The van der Waals surface area contributed by atoms with Gasteiger partial charge in [0.25, 0.3) is 0 Å². The molecule has 0 aliphatic heterocycles. The van der Waals surface area contributed by atoms with Gasteiger partial charge in [0.15, 0.2) is 0 Å². The first-order valence-corrected chi connectivity index (χ1v) is 0. The van der Waals surface area contributed by atoms with Gasteiger partial charge in [-0.05, 0) is 0 Å². The molecular weight excluding hydrogens is 1020 g/mol. The van der Waals surface area contributed by atoms with Crippen LogP contribution in [0.1, 0.15) is 0 Å². The predicted molar refractivity (Wildman–Crippen MR) is 20.4 cm³/mol. The predicted octanol–water partition coefficient (Wildman–Crippen LogP) is -2.33. The molecule has 23 heteroatoms. The van der Waals surface area contributed by atoms with E-state index >= 15 is 0 Å². The third-order valence-corrected chi connectivity index (χ3v) is 0. The second kappa shape index (κ2) is 512. The Morgan fingerprint density at radius 3 is 0.217 bits per heavy atom. The SMILES string of the molecule is [Ag+].[Ag+].[O-2].[O-2].[O-2].[O-2].[O-2].[O-2].[O-2].[O-2].[O-2].[O-2].[O-2].[O-2].[O-2].[Sn+4].[Sn+4].[Ti+4].[Ti+4].[Zn+2].[Zn+2].[Zn+2].[Zn+2]. The van der Waals surface area contributed by atoms with Crippen LogP contribution in [-0.2, 0) is 237 Å². The van der Waals surface area contributed by atoms with E-state index in [9.17, 15) is 0 Å². The Bertz CT molecular complexity index is 41.9. The van der Waals surface area contributed by atoms with Gasteiger partial charge in [-0.1, -0.05) is 0 Å². The fourth-order valence-corrected chi connectivity index (χ4v) is 0. The third kappa shape index (κ3) is 476. The van der Waals surface area contributed by atoms with E-state index in [1.165, 1.54) is 0 Å². The summed E-state index contributed by atoms with van der Waals surface area (Å²) in [5, 5.41) is 0. The van der Waals surface area contributed by atoms with Crippen molar-refractivity contribution in [3.8, 4) is 0 Å². The van der Waals surface area contributed by atoms with Crippen molar-refractivity contribution in [2.75, 3.05) is 0 Å². The number of hydrogen-bond donors (Lipinski definition) is 0. The smallest absolute Gasteiger partial charge is 2.00 e. The molecule has 0 aliphatic rings. The van der Waals surface area contributed by atoms with Crippen LogP contribution in [0.3, 0.4) is 0 Å². The summed E-state index contributed by atoms with van der Waals surface area (Å²) in [6.45, 7) is 0. The van der Waals surface area contributed by atoms with E-state index in [4.69, 9.17) is 0 Å². The van der Waals surface area contributed by atoms with E-state index in [-0.39, 0.29) is 285 Å². The van der Waals surface area contributed by atoms with Crippen LogP contribution in [-0.4, -0.2) is 47.8 Å². The van der Waals surface area contributed by atoms with Gasteiger partial charge in [0.05, 0.1) is 0 Å². The molecule has 0 spiro atoms. The normalized spacial score (nSPS) is 0. The summed E-state index contributed by atoms with van der Waals surface area (Å²) in [6.07, 6.45) is 0. The fourth-order valence-electron chi connectivity index (χ4n) is 0. The first-order chi connectivity index (χ1) is 0. The molecule has 0 radical (unpaired) electrons. The molecule has 0 rings (SSSR count). The van der Waals surface area contributed by atoms with Crippen LogP contribution in [0.15, 0.2) is 0 Å². The maximum Gasteiger partial charge on any atom is 4.00 e. The van der Waals surface area contributed by atoms with Gasteiger partial charge in [-0.15, -0.1) is 0 Å². The van der Waals surface area contributed by atoms with Gasteiger partial charge in [-0.3, -0.25) is 0 Å². The van der Waals surface area contributed by atoms with Crippen molar-refractivity contribution in [2.24, 2.45) is 0 Å². The van der Waals surface area contributed by atoms with Gasteiger partial charge in [-0.25, -0.2) is 0 Å². The zero-order valence-electron chi connectivity index (χ0n) is 10.7.